The van der Waals surface area contributed by atoms with Crippen molar-refractivity contribution in [3.8, 4) is 0 Å². The van der Waals surface area contributed by atoms with E-state index in [1.54, 1.807) is 13.8 Å². The largest absolute Gasteiger partial charge is 0.366 e. The maximum absolute atomic E-state index is 11.1. The zero-order valence-corrected chi connectivity index (χ0v) is 13.9. The molecule has 2 rings (SSSR count). The summed E-state index contributed by atoms with van der Waals surface area (Å²) in [6.07, 6.45) is -0.880. The van der Waals surface area contributed by atoms with E-state index >= 15 is 0 Å². The van der Waals surface area contributed by atoms with Crippen LogP contribution in [0.5, 0.6) is 0 Å². The highest BCUT2D eigenvalue weighted by Gasteiger charge is 2.61. The molecular weight excluding hydrogens is 318 g/mol. The van der Waals surface area contributed by atoms with Gasteiger partial charge < -0.3 is 24.1 Å². The second kappa shape index (κ2) is 5.64. The molecule has 0 saturated carbocycles. The topological polar surface area (TPSA) is 127 Å². The highest BCUT2D eigenvalue weighted by Crippen LogP contribution is 2.44. The lowest BCUT2D eigenvalue weighted by molar-refractivity contribution is -0.307. The average Bonchev–Trinajstić information content (AvgIpc) is 2.56. The molecule has 130 valence electrons. The van der Waals surface area contributed by atoms with Crippen molar-refractivity contribution in [3.05, 3.63) is 0 Å². The smallest absolute Gasteiger partial charge is 0.333 e. The van der Waals surface area contributed by atoms with Gasteiger partial charge in [0, 0.05) is 0 Å². The van der Waals surface area contributed by atoms with Gasteiger partial charge in [0.05, 0.1) is 12.7 Å². The van der Waals surface area contributed by atoms with Gasteiger partial charge in [-0.3, -0.25) is 4.18 Å². The molecule has 2 heterocycles. The third kappa shape index (κ3) is 4.36. The number of fused-ring (bicyclic) bond motifs is 1. The molecular formula is C12H23NO8S. The van der Waals surface area contributed by atoms with Gasteiger partial charge in [0.15, 0.2) is 11.6 Å². The average molecular weight is 341 g/mol. The summed E-state index contributed by atoms with van der Waals surface area (Å²) in [5.41, 5.74) is 0. The molecule has 9 nitrogen and oxygen atoms in total. The fraction of sp³-hybridized carbons (Fsp3) is 1.00. The van der Waals surface area contributed by atoms with Gasteiger partial charge in [0.1, 0.15) is 12.7 Å². The third-order valence-electron chi connectivity index (χ3n) is 3.21. The van der Waals surface area contributed by atoms with Crippen molar-refractivity contribution in [3.63, 3.8) is 0 Å². The van der Waals surface area contributed by atoms with Crippen LogP contribution >= 0.6 is 0 Å². The molecule has 0 bridgehead atoms. The summed E-state index contributed by atoms with van der Waals surface area (Å²) in [4.78, 5) is 0. The van der Waals surface area contributed by atoms with E-state index in [0.717, 1.165) is 0 Å². The van der Waals surface area contributed by atoms with Gasteiger partial charge in [-0.15, -0.1) is 0 Å². The first-order valence-corrected chi connectivity index (χ1v) is 8.38. The highest BCUT2D eigenvalue weighted by molar-refractivity contribution is 7.84. The van der Waals surface area contributed by atoms with Crippen molar-refractivity contribution >= 4 is 10.3 Å². The Morgan fingerprint density at radius 3 is 2.59 bits per heavy atom. The fourth-order valence-electron chi connectivity index (χ4n) is 2.67. The molecule has 0 unspecified atom stereocenters. The van der Waals surface area contributed by atoms with Crippen LogP contribution in [0, 0.1) is 0 Å². The molecule has 0 aliphatic carbocycles. The van der Waals surface area contributed by atoms with Crippen LogP contribution in [0.15, 0.2) is 0 Å². The second-order valence-electron chi connectivity index (χ2n) is 6.35. The maximum Gasteiger partial charge on any atom is 0.333 e. The number of nitrogens with two attached hydrogens (primary N) is 1. The normalized spacial score (nSPS) is 35.4. The van der Waals surface area contributed by atoms with E-state index in [2.05, 4.69) is 4.18 Å². The Hall–Kier alpha value is -0.330. The van der Waals surface area contributed by atoms with Crippen molar-refractivity contribution < 1.29 is 36.7 Å². The molecule has 2 fully saturated rings. The van der Waals surface area contributed by atoms with E-state index in [1.165, 1.54) is 13.8 Å². The SMILES string of the molecule is CC(C)(O)O[C@@H]1CCO[C@@]2(COS(N)(=O)=O)OC(C)(C)O[C@@H]12. The Kier molecular flexibility index (Phi) is 4.62. The van der Waals surface area contributed by atoms with Gasteiger partial charge in [-0.25, -0.2) is 5.14 Å². The lowest BCUT2D eigenvalue weighted by Crippen LogP contribution is -2.58. The summed E-state index contributed by atoms with van der Waals surface area (Å²) in [6, 6.07) is 0. The monoisotopic (exact) mass is 341 g/mol. The first-order chi connectivity index (χ1) is 9.82. The molecule has 0 aromatic heterocycles. The minimum Gasteiger partial charge on any atom is -0.366 e. The summed E-state index contributed by atoms with van der Waals surface area (Å²) in [6.45, 7) is 6.07. The summed E-state index contributed by atoms with van der Waals surface area (Å²) >= 11 is 0. The standard InChI is InChI=1S/C12H23NO8S/c1-10(2,14)19-8-5-6-17-12(7-18-22(13,15)16)9(8)20-11(3,4)21-12/h8-9,14H,5-7H2,1-4H3,(H2,13,15,16)/t8-,9+,12+/m1/s1. The Morgan fingerprint density at radius 1 is 1.41 bits per heavy atom. The molecule has 0 amide bonds. The summed E-state index contributed by atoms with van der Waals surface area (Å²) in [5.74, 6) is -3.88. The van der Waals surface area contributed by atoms with E-state index in [-0.39, 0.29) is 6.61 Å². The maximum atomic E-state index is 11.1. The van der Waals surface area contributed by atoms with Crippen molar-refractivity contribution in [1.29, 1.82) is 0 Å². The van der Waals surface area contributed by atoms with Crippen molar-refractivity contribution in [1.82, 2.24) is 0 Å². The molecule has 22 heavy (non-hydrogen) atoms. The van der Waals surface area contributed by atoms with E-state index in [0.29, 0.717) is 6.42 Å². The van der Waals surface area contributed by atoms with Crippen LogP contribution in [0.3, 0.4) is 0 Å². The highest BCUT2D eigenvalue weighted by atomic mass is 32.2. The molecule has 3 atom stereocenters. The Balaban J connectivity index is 2.24. The zero-order valence-electron chi connectivity index (χ0n) is 13.1. The predicted octanol–water partition coefficient (Wildman–Crippen LogP) is -0.412. The van der Waals surface area contributed by atoms with Gasteiger partial charge >= 0.3 is 10.3 Å². The summed E-state index contributed by atoms with van der Waals surface area (Å²) in [7, 11) is -4.16. The zero-order chi connectivity index (χ0) is 16.8. The first kappa shape index (κ1) is 18.0. The second-order valence-corrected chi connectivity index (χ2v) is 7.57. The van der Waals surface area contributed by atoms with Crippen LogP contribution < -0.4 is 5.14 Å². The van der Waals surface area contributed by atoms with Crippen LogP contribution in [0.4, 0.5) is 0 Å². The molecule has 0 aromatic carbocycles. The molecule has 2 aliphatic heterocycles. The van der Waals surface area contributed by atoms with Gasteiger partial charge in [-0.1, -0.05) is 0 Å². The summed E-state index contributed by atoms with van der Waals surface area (Å²) in [5, 5.41) is 14.7. The molecule has 0 spiro atoms. The van der Waals surface area contributed by atoms with Gasteiger partial charge in [-0.2, -0.15) is 8.42 Å². The lowest BCUT2D eigenvalue weighted by Gasteiger charge is -2.41. The molecule has 10 heteroatoms. The fourth-order valence-corrected chi connectivity index (χ4v) is 3.00. The molecule has 2 saturated heterocycles. The van der Waals surface area contributed by atoms with Crippen LogP contribution in [0.2, 0.25) is 0 Å². The number of rotatable bonds is 5. The predicted molar refractivity (Wildman–Crippen MR) is 73.6 cm³/mol. The molecule has 0 aromatic rings. The lowest BCUT2D eigenvalue weighted by atomic mass is 9.99. The van der Waals surface area contributed by atoms with Crippen LogP contribution in [-0.4, -0.2) is 56.3 Å². The Labute approximate surface area is 129 Å². The van der Waals surface area contributed by atoms with Gasteiger partial charge in [-0.05, 0) is 34.1 Å². The van der Waals surface area contributed by atoms with Crippen LogP contribution in [0.1, 0.15) is 34.1 Å². The van der Waals surface area contributed by atoms with Crippen molar-refractivity contribution in [2.75, 3.05) is 13.2 Å². The van der Waals surface area contributed by atoms with E-state index in [9.17, 15) is 13.5 Å². The van der Waals surface area contributed by atoms with E-state index in [1.807, 2.05) is 0 Å². The number of hydrogen-bond acceptors (Lipinski definition) is 8. The molecule has 0 radical (unpaired) electrons. The number of hydrogen-bond donors (Lipinski definition) is 2. The van der Waals surface area contributed by atoms with Gasteiger partial charge in [0.25, 0.3) is 0 Å². The quantitative estimate of drug-likeness (QED) is 0.646. The molecule has 3 N–H and O–H groups in total. The van der Waals surface area contributed by atoms with E-state index < -0.39 is 46.5 Å². The minimum atomic E-state index is -4.16. The summed E-state index contributed by atoms with van der Waals surface area (Å²) < 4.78 is 49.5. The van der Waals surface area contributed by atoms with Crippen molar-refractivity contribution in [2.45, 2.75) is 63.7 Å². The number of ether oxygens (including phenoxy) is 4. The van der Waals surface area contributed by atoms with E-state index in [4.69, 9.17) is 24.1 Å². The molecule has 2 aliphatic rings. The number of aliphatic hydroxyl groups is 1. The Morgan fingerprint density at radius 2 is 2.05 bits per heavy atom. The van der Waals surface area contributed by atoms with Crippen LogP contribution in [0.25, 0.3) is 0 Å². The van der Waals surface area contributed by atoms with Gasteiger partial charge in [0.2, 0.25) is 5.79 Å². The third-order valence-corrected chi connectivity index (χ3v) is 3.66. The van der Waals surface area contributed by atoms with Crippen molar-refractivity contribution in [2.24, 2.45) is 5.14 Å². The van der Waals surface area contributed by atoms with Crippen LogP contribution in [-0.2, 0) is 33.4 Å². The Bertz CT molecular complexity index is 514. The minimum absolute atomic E-state index is 0.227. The first-order valence-electron chi connectivity index (χ1n) is 6.91.